The van der Waals surface area contributed by atoms with Crippen LogP contribution in [0.25, 0.3) is 0 Å². The fourth-order valence-electron chi connectivity index (χ4n) is 0.319. The first kappa shape index (κ1) is 7.78. The van der Waals surface area contributed by atoms with Gasteiger partial charge in [-0.3, -0.25) is 0 Å². The molecule has 0 saturated carbocycles. The third-order valence-corrected chi connectivity index (χ3v) is 3.26. The van der Waals surface area contributed by atoms with Crippen molar-refractivity contribution in [2.24, 2.45) is 0 Å². The van der Waals surface area contributed by atoms with Crippen LogP contribution in [-0.2, 0) is 0 Å². The summed E-state index contributed by atoms with van der Waals surface area (Å²) < 4.78 is 0. The molecule has 0 aromatic rings. The number of thioether (sulfide) groups is 1. The maximum atomic E-state index is 2.25. The minimum Gasteiger partial charge on any atom is -0.158 e. The first-order valence-corrected chi connectivity index (χ1v) is 5.50. The molecule has 0 aliphatic heterocycles. The van der Waals surface area contributed by atoms with Gasteiger partial charge in [0.05, 0.1) is 0 Å². The van der Waals surface area contributed by atoms with Crippen LogP contribution in [0.1, 0.15) is 13.3 Å². The molecule has 0 aromatic heterocycles. The molecular formula is C5H13PS. The van der Waals surface area contributed by atoms with E-state index in [1.54, 1.807) is 0 Å². The van der Waals surface area contributed by atoms with Crippen LogP contribution in [0.3, 0.4) is 0 Å². The maximum absolute atomic E-state index is 2.25. The minimum atomic E-state index is 1.13. The Kier molecular flexibility index (Phi) is 7.54. The molecule has 0 fully saturated rings. The quantitative estimate of drug-likeness (QED) is 0.422. The summed E-state index contributed by atoms with van der Waals surface area (Å²) in [5.41, 5.74) is 1.37. The highest BCUT2D eigenvalue weighted by Gasteiger charge is 1.79. The molecule has 0 radical (unpaired) electrons. The Labute approximate surface area is 52.2 Å². The molecule has 0 aliphatic carbocycles. The van der Waals surface area contributed by atoms with Gasteiger partial charge < -0.3 is 0 Å². The first-order valence-electron chi connectivity index (χ1n) is 2.64. The summed E-state index contributed by atoms with van der Waals surface area (Å²) in [7, 11) is 1.13. The molecule has 0 aromatic carbocycles. The molecule has 0 heterocycles. The zero-order valence-corrected chi connectivity index (χ0v) is 6.85. The summed E-state index contributed by atoms with van der Waals surface area (Å²) in [6, 6.07) is 0. The molecule has 0 spiro atoms. The van der Waals surface area contributed by atoms with E-state index in [-0.39, 0.29) is 0 Å². The van der Waals surface area contributed by atoms with E-state index in [0.717, 1.165) is 8.58 Å². The van der Waals surface area contributed by atoms with Gasteiger partial charge in [-0.25, -0.2) is 0 Å². The molecule has 2 heteroatoms. The van der Waals surface area contributed by atoms with Crippen molar-refractivity contribution in [3.05, 3.63) is 0 Å². The monoisotopic (exact) mass is 136 g/mol. The smallest absolute Gasteiger partial charge is 0.0105 e. The van der Waals surface area contributed by atoms with E-state index in [4.69, 9.17) is 0 Å². The van der Waals surface area contributed by atoms with Gasteiger partial charge in [0.2, 0.25) is 0 Å². The van der Waals surface area contributed by atoms with Crippen LogP contribution in [0.2, 0.25) is 0 Å². The molecule has 0 aliphatic rings. The van der Waals surface area contributed by atoms with E-state index in [0.29, 0.717) is 0 Å². The van der Waals surface area contributed by atoms with Gasteiger partial charge in [0, 0.05) is 5.49 Å². The molecule has 0 bridgehead atoms. The van der Waals surface area contributed by atoms with Crippen LogP contribution in [0.4, 0.5) is 0 Å². The second-order valence-corrected chi connectivity index (χ2v) is 4.08. The largest absolute Gasteiger partial charge is 0.158 e. The van der Waals surface area contributed by atoms with E-state index in [1.165, 1.54) is 17.7 Å². The molecule has 44 valence electrons. The molecule has 0 saturated heterocycles. The lowest BCUT2D eigenvalue weighted by Gasteiger charge is -1.91. The average Bonchev–Trinajstić information content (AvgIpc) is 1.69. The standard InChI is InChI=1S/C5H13PS/c1-3-4-7-5-6-2/h6H,3-5H2,1-2H3. The van der Waals surface area contributed by atoms with Crippen LogP contribution in [-0.4, -0.2) is 17.9 Å². The van der Waals surface area contributed by atoms with Gasteiger partial charge in [0.15, 0.2) is 0 Å². The van der Waals surface area contributed by atoms with E-state index >= 15 is 0 Å². The normalized spacial score (nSPS) is 11.1. The van der Waals surface area contributed by atoms with Crippen molar-refractivity contribution in [3.8, 4) is 0 Å². The Balaban J connectivity index is 2.45. The highest BCUT2D eigenvalue weighted by Crippen LogP contribution is 2.13. The molecule has 0 amide bonds. The molecular weight excluding hydrogens is 123 g/mol. The van der Waals surface area contributed by atoms with Crippen molar-refractivity contribution in [2.45, 2.75) is 13.3 Å². The minimum absolute atomic E-state index is 1.13. The van der Waals surface area contributed by atoms with E-state index in [2.05, 4.69) is 25.4 Å². The van der Waals surface area contributed by atoms with Gasteiger partial charge >= 0.3 is 0 Å². The van der Waals surface area contributed by atoms with Gasteiger partial charge in [-0.05, 0) is 18.8 Å². The summed E-state index contributed by atoms with van der Waals surface area (Å²) in [4.78, 5) is 0. The Bertz CT molecular complexity index is 27.3. The van der Waals surface area contributed by atoms with E-state index in [9.17, 15) is 0 Å². The molecule has 0 nitrogen and oxygen atoms in total. The Morgan fingerprint density at radius 3 is 2.71 bits per heavy atom. The molecule has 1 atom stereocenters. The predicted octanol–water partition coefficient (Wildman–Crippen LogP) is 2.40. The third kappa shape index (κ3) is 6.78. The van der Waals surface area contributed by atoms with Crippen molar-refractivity contribution < 1.29 is 0 Å². The topological polar surface area (TPSA) is 0 Å². The lowest BCUT2D eigenvalue weighted by Crippen LogP contribution is -1.71. The lowest BCUT2D eigenvalue weighted by atomic mass is 10.6. The predicted molar refractivity (Wildman–Crippen MR) is 41.9 cm³/mol. The molecule has 1 unspecified atom stereocenters. The summed E-state index contributed by atoms with van der Waals surface area (Å²) >= 11 is 2.07. The van der Waals surface area contributed by atoms with E-state index < -0.39 is 0 Å². The Hall–Kier alpha value is 0.780. The second-order valence-electron chi connectivity index (χ2n) is 1.41. The highest BCUT2D eigenvalue weighted by molar-refractivity contribution is 8.03. The van der Waals surface area contributed by atoms with Crippen LogP contribution in [0.5, 0.6) is 0 Å². The first-order chi connectivity index (χ1) is 3.41. The third-order valence-electron chi connectivity index (χ3n) is 0.595. The zero-order chi connectivity index (χ0) is 5.54. The van der Waals surface area contributed by atoms with Gasteiger partial charge in [0.25, 0.3) is 0 Å². The zero-order valence-electron chi connectivity index (χ0n) is 5.03. The van der Waals surface area contributed by atoms with E-state index in [1.807, 2.05) is 0 Å². The summed E-state index contributed by atoms with van der Waals surface area (Å²) in [6.07, 6.45) is 1.33. The Morgan fingerprint density at radius 1 is 1.57 bits per heavy atom. The molecule has 0 rings (SSSR count). The van der Waals surface area contributed by atoms with Crippen LogP contribution >= 0.6 is 20.3 Å². The van der Waals surface area contributed by atoms with Gasteiger partial charge in [-0.15, -0.1) is 8.58 Å². The summed E-state index contributed by atoms with van der Waals surface area (Å²) in [5.74, 6) is 1.35. The van der Waals surface area contributed by atoms with Crippen molar-refractivity contribution in [1.29, 1.82) is 0 Å². The van der Waals surface area contributed by atoms with Crippen LogP contribution in [0, 0.1) is 0 Å². The van der Waals surface area contributed by atoms with Crippen LogP contribution in [0.15, 0.2) is 0 Å². The number of hydrogen-bond donors (Lipinski definition) is 0. The SMILES string of the molecule is CCCSCPC. The molecule has 0 N–H and O–H groups in total. The highest BCUT2D eigenvalue weighted by atomic mass is 32.2. The van der Waals surface area contributed by atoms with Crippen LogP contribution < -0.4 is 0 Å². The van der Waals surface area contributed by atoms with Crippen molar-refractivity contribution in [1.82, 2.24) is 0 Å². The summed E-state index contributed by atoms with van der Waals surface area (Å²) in [6.45, 7) is 4.48. The fraction of sp³-hybridized carbons (Fsp3) is 1.00. The maximum Gasteiger partial charge on any atom is 0.0105 e. The van der Waals surface area contributed by atoms with Crippen molar-refractivity contribution in [3.63, 3.8) is 0 Å². The van der Waals surface area contributed by atoms with Crippen molar-refractivity contribution >= 4 is 20.3 Å². The second kappa shape index (κ2) is 6.78. The van der Waals surface area contributed by atoms with Gasteiger partial charge in [-0.1, -0.05) is 6.92 Å². The van der Waals surface area contributed by atoms with Crippen molar-refractivity contribution in [2.75, 3.05) is 17.9 Å². The molecule has 7 heavy (non-hydrogen) atoms. The summed E-state index contributed by atoms with van der Waals surface area (Å²) in [5, 5.41) is 0. The number of hydrogen-bond acceptors (Lipinski definition) is 1. The van der Waals surface area contributed by atoms with Gasteiger partial charge in [-0.2, -0.15) is 11.8 Å². The number of rotatable bonds is 4. The lowest BCUT2D eigenvalue weighted by molar-refractivity contribution is 1.11. The van der Waals surface area contributed by atoms with Gasteiger partial charge in [0.1, 0.15) is 0 Å². The Morgan fingerprint density at radius 2 is 2.29 bits per heavy atom. The fourth-order valence-corrected chi connectivity index (χ4v) is 2.00. The average molecular weight is 136 g/mol.